The maximum atomic E-state index is 12.2. The predicted octanol–water partition coefficient (Wildman–Crippen LogP) is 3.26. The van der Waals surface area contributed by atoms with Crippen LogP contribution in [0.15, 0.2) is 47.6 Å². The van der Waals surface area contributed by atoms with Crippen LogP contribution in [-0.2, 0) is 4.79 Å². The van der Waals surface area contributed by atoms with Crippen molar-refractivity contribution < 1.29 is 9.72 Å². The highest BCUT2D eigenvalue weighted by Crippen LogP contribution is 2.27. The number of aryl methyl sites for hydroxylation is 1. The number of halogens is 1. The first-order valence-electron chi connectivity index (χ1n) is 7.66. The lowest BCUT2D eigenvalue weighted by atomic mass is 10.2. The van der Waals surface area contributed by atoms with E-state index in [0.29, 0.717) is 5.16 Å². The number of nitro groups is 1. The average molecular weight is 405 g/mol. The molecule has 2 aromatic carbocycles. The van der Waals surface area contributed by atoms with Gasteiger partial charge in [0.25, 0.3) is 5.69 Å². The summed E-state index contributed by atoms with van der Waals surface area (Å²) in [6.45, 7) is 1.97. The summed E-state index contributed by atoms with van der Waals surface area (Å²) < 4.78 is 1.53. The zero-order valence-corrected chi connectivity index (χ0v) is 15.6. The van der Waals surface area contributed by atoms with Gasteiger partial charge in [0.05, 0.1) is 27.1 Å². The molecule has 0 radical (unpaired) electrons. The van der Waals surface area contributed by atoms with E-state index < -0.39 is 4.92 Å². The normalized spacial score (nSPS) is 10.6. The summed E-state index contributed by atoms with van der Waals surface area (Å²) >= 11 is 7.12. The Balaban J connectivity index is 1.67. The zero-order chi connectivity index (χ0) is 19.4. The van der Waals surface area contributed by atoms with Crippen molar-refractivity contribution in [2.75, 3.05) is 11.1 Å². The summed E-state index contributed by atoms with van der Waals surface area (Å²) in [6, 6.07) is 11.5. The van der Waals surface area contributed by atoms with Gasteiger partial charge in [-0.1, -0.05) is 41.1 Å². The second-order valence-electron chi connectivity index (χ2n) is 5.47. The predicted molar refractivity (Wildman–Crippen MR) is 101 cm³/mol. The number of rotatable bonds is 6. The molecule has 1 N–H and O–H groups in total. The topological polar surface area (TPSA) is 116 Å². The highest BCUT2D eigenvalue weighted by atomic mass is 35.5. The van der Waals surface area contributed by atoms with Crippen LogP contribution in [0.2, 0.25) is 5.02 Å². The van der Waals surface area contributed by atoms with Gasteiger partial charge < -0.3 is 5.32 Å². The minimum Gasteiger partial charge on any atom is -0.324 e. The smallest absolute Gasteiger partial charge is 0.271 e. The van der Waals surface area contributed by atoms with Crippen molar-refractivity contribution in [3.05, 3.63) is 63.2 Å². The lowest BCUT2D eigenvalue weighted by Gasteiger charge is -2.07. The number of carbonyl (C=O) groups is 1. The first-order chi connectivity index (χ1) is 12.9. The molecule has 0 aliphatic rings. The van der Waals surface area contributed by atoms with Crippen LogP contribution in [0.3, 0.4) is 0 Å². The van der Waals surface area contributed by atoms with E-state index in [2.05, 4.69) is 20.8 Å². The molecule has 0 spiro atoms. The number of amides is 1. The minimum absolute atomic E-state index is 0.00521. The molecule has 0 atom stereocenters. The molecule has 0 fully saturated rings. The molecule has 27 heavy (non-hydrogen) atoms. The highest BCUT2D eigenvalue weighted by molar-refractivity contribution is 7.99. The summed E-state index contributed by atoms with van der Waals surface area (Å²) in [6.07, 6.45) is 0. The van der Waals surface area contributed by atoms with E-state index in [9.17, 15) is 14.9 Å². The van der Waals surface area contributed by atoms with Gasteiger partial charge in [-0.05, 0) is 35.5 Å². The zero-order valence-electron chi connectivity index (χ0n) is 14.0. The van der Waals surface area contributed by atoms with Crippen LogP contribution < -0.4 is 5.32 Å². The number of benzene rings is 2. The number of non-ortho nitro benzene ring substituents is 1. The van der Waals surface area contributed by atoms with E-state index >= 15 is 0 Å². The van der Waals surface area contributed by atoms with Crippen LogP contribution in [-0.4, -0.2) is 36.8 Å². The van der Waals surface area contributed by atoms with E-state index in [1.54, 1.807) is 0 Å². The molecular formula is C16H13ClN6O3S. The lowest BCUT2D eigenvalue weighted by molar-refractivity contribution is -0.384. The third kappa shape index (κ3) is 4.60. The molecule has 0 bridgehead atoms. The maximum absolute atomic E-state index is 12.2. The molecule has 11 heteroatoms. The number of nitrogens with zero attached hydrogens (tertiary/aromatic N) is 5. The van der Waals surface area contributed by atoms with Crippen molar-refractivity contribution in [3.8, 4) is 5.69 Å². The lowest BCUT2D eigenvalue weighted by Crippen LogP contribution is -2.15. The van der Waals surface area contributed by atoms with Gasteiger partial charge in [0.1, 0.15) is 0 Å². The molecule has 1 aromatic heterocycles. The van der Waals surface area contributed by atoms with Crippen molar-refractivity contribution in [1.82, 2.24) is 20.2 Å². The largest absolute Gasteiger partial charge is 0.324 e. The molecule has 1 amide bonds. The summed E-state index contributed by atoms with van der Waals surface area (Å²) in [7, 11) is 0. The van der Waals surface area contributed by atoms with Gasteiger partial charge in [-0.15, -0.1) is 5.10 Å². The third-order valence-electron chi connectivity index (χ3n) is 3.49. The fourth-order valence-corrected chi connectivity index (χ4v) is 3.01. The van der Waals surface area contributed by atoms with Gasteiger partial charge in [-0.3, -0.25) is 14.9 Å². The fourth-order valence-electron chi connectivity index (χ4n) is 2.16. The number of nitro benzene ring substituents is 1. The molecule has 3 rings (SSSR count). The fraction of sp³-hybridized carbons (Fsp3) is 0.125. The Morgan fingerprint density at radius 3 is 2.74 bits per heavy atom. The Hall–Kier alpha value is -2.98. The molecule has 1 heterocycles. The summed E-state index contributed by atoms with van der Waals surface area (Å²) in [5.41, 5.74) is 1.89. The van der Waals surface area contributed by atoms with Crippen LogP contribution in [0, 0.1) is 17.0 Å². The third-order valence-corrected chi connectivity index (χ3v) is 4.74. The number of nitrogens with one attached hydrogen (secondary N) is 1. The van der Waals surface area contributed by atoms with Crippen LogP contribution in [0.1, 0.15) is 5.56 Å². The van der Waals surface area contributed by atoms with Gasteiger partial charge in [-0.25, -0.2) is 0 Å². The number of hydrogen-bond acceptors (Lipinski definition) is 7. The van der Waals surface area contributed by atoms with E-state index in [0.717, 1.165) is 23.0 Å². The van der Waals surface area contributed by atoms with Gasteiger partial charge in [0.2, 0.25) is 11.1 Å². The maximum Gasteiger partial charge on any atom is 0.271 e. The molecule has 0 unspecified atom stereocenters. The van der Waals surface area contributed by atoms with Crippen molar-refractivity contribution in [1.29, 1.82) is 0 Å². The van der Waals surface area contributed by atoms with Crippen LogP contribution >= 0.6 is 23.4 Å². The van der Waals surface area contributed by atoms with Crippen LogP contribution in [0.25, 0.3) is 5.69 Å². The van der Waals surface area contributed by atoms with E-state index in [4.69, 9.17) is 11.6 Å². The van der Waals surface area contributed by atoms with Crippen LogP contribution in [0.4, 0.5) is 11.4 Å². The SMILES string of the molecule is Cc1ccc(-n2nnnc2SCC(=O)Nc2cc([N+](=O)[O-])ccc2Cl)cc1. The molecule has 9 nitrogen and oxygen atoms in total. The summed E-state index contributed by atoms with van der Waals surface area (Å²) in [4.78, 5) is 22.5. The molecule has 0 aliphatic heterocycles. The van der Waals surface area contributed by atoms with Crippen LogP contribution in [0.5, 0.6) is 0 Å². The summed E-state index contributed by atoms with van der Waals surface area (Å²) in [5.74, 6) is -0.383. The Kier molecular flexibility index (Phi) is 5.67. The van der Waals surface area contributed by atoms with Gasteiger partial charge in [0.15, 0.2) is 0 Å². The molecule has 0 saturated carbocycles. The number of carbonyl (C=O) groups excluding carboxylic acids is 1. The van der Waals surface area contributed by atoms with E-state index in [-0.39, 0.29) is 28.1 Å². The first-order valence-corrected chi connectivity index (χ1v) is 9.02. The van der Waals surface area contributed by atoms with Crippen molar-refractivity contribution in [3.63, 3.8) is 0 Å². The molecule has 0 saturated heterocycles. The Morgan fingerprint density at radius 2 is 2.04 bits per heavy atom. The van der Waals surface area contributed by atoms with Gasteiger partial charge in [-0.2, -0.15) is 4.68 Å². The summed E-state index contributed by atoms with van der Waals surface area (Å²) in [5, 5.41) is 25.6. The van der Waals surface area contributed by atoms with Crippen molar-refractivity contribution in [2.45, 2.75) is 12.1 Å². The number of anilines is 1. The Bertz CT molecular complexity index is 992. The highest BCUT2D eigenvalue weighted by Gasteiger charge is 2.15. The number of hydrogen-bond donors (Lipinski definition) is 1. The minimum atomic E-state index is -0.559. The average Bonchev–Trinajstić information content (AvgIpc) is 3.11. The van der Waals surface area contributed by atoms with E-state index in [1.807, 2.05) is 31.2 Å². The number of tetrazole rings is 1. The molecule has 0 aliphatic carbocycles. The van der Waals surface area contributed by atoms with Gasteiger partial charge >= 0.3 is 0 Å². The Morgan fingerprint density at radius 1 is 1.30 bits per heavy atom. The van der Waals surface area contributed by atoms with Crippen molar-refractivity contribution >= 4 is 40.6 Å². The monoisotopic (exact) mass is 404 g/mol. The Labute approximate surface area is 162 Å². The molecular weight excluding hydrogens is 392 g/mol. The standard InChI is InChI=1S/C16H13ClN6O3S/c1-10-2-4-11(5-3-10)22-16(19-20-21-22)27-9-15(24)18-14-8-12(23(25)26)6-7-13(14)17/h2-8H,9H2,1H3,(H,18,24). The number of thioether (sulfide) groups is 1. The quantitative estimate of drug-likeness (QED) is 0.380. The molecule has 3 aromatic rings. The van der Waals surface area contributed by atoms with Gasteiger partial charge in [0, 0.05) is 12.1 Å². The second kappa shape index (κ2) is 8.14. The van der Waals surface area contributed by atoms with Crippen molar-refractivity contribution in [2.24, 2.45) is 0 Å². The first kappa shape index (κ1) is 18.8. The molecule has 138 valence electrons. The second-order valence-corrected chi connectivity index (χ2v) is 6.82. The van der Waals surface area contributed by atoms with E-state index in [1.165, 1.54) is 22.9 Å². The number of aromatic nitrogens is 4.